The van der Waals surface area contributed by atoms with Gasteiger partial charge in [0.15, 0.2) is 0 Å². The second kappa shape index (κ2) is 4.46. The summed E-state index contributed by atoms with van der Waals surface area (Å²) in [5.41, 5.74) is 0.355. The fourth-order valence-corrected chi connectivity index (χ4v) is 2.21. The second-order valence-electron chi connectivity index (χ2n) is 4.76. The average Bonchev–Trinajstić information content (AvgIpc) is 3.22. The van der Waals surface area contributed by atoms with Crippen LogP contribution in [-0.2, 0) is 10.2 Å². The van der Waals surface area contributed by atoms with Crippen molar-refractivity contribution >= 4 is 11.7 Å². The Hall–Kier alpha value is -2.23. The lowest BCUT2D eigenvalue weighted by Gasteiger charge is -2.15. The molecular weight excluding hydrogens is 243 g/mol. The lowest BCUT2D eigenvalue weighted by Crippen LogP contribution is -2.28. The van der Waals surface area contributed by atoms with Crippen LogP contribution in [0.25, 0.3) is 0 Å². The molecule has 96 valence electrons. The standard InChI is InChI=1S/C15H13FN2O/c16-12-6-4-11(5-7-12)15(8-9-15)14(19)18-13-3-1-2-10-17-13/h1-7,10H,8-9H2,(H,17,18,19). The quantitative estimate of drug-likeness (QED) is 0.917. The number of benzene rings is 1. The Kier molecular flexibility index (Phi) is 2.78. The van der Waals surface area contributed by atoms with Gasteiger partial charge in [-0.1, -0.05) is 18.2 Å². The average molecular weight is 256 g/mol. The molecule has 1 fully saturated rings. The Morgan fingerprint density at radius 1 is 1.16 bits per heavy atom. The number of carbonyl (C=O) groups excluding carboxylic acids is 1. The van der Waals surface area contributed by atoms with E-state index in [1.807, 2.05) is 6.07 Å². The summed E-state index contributed by atoms with van der Waals surface area (Å²) < 4.78 is 12.9. The van der Waals surface area contributed by atoms with E-state index < -0.39 is 5.41 Å². The summed E-state index contributed by atoms with van der Waals surface area (Å²) in [7, 11) is 0. The summed E-state index contributed by atoms with van der Waals surface area (Å²) in [6, 6.07) is 11.5. The lowest BCUT2D eigenvalue weighted by molar-refractivity contribution is -0.118. The van der Waals surface area contributed by atoms with Gasteiger partial charge in [-0.25, -0.2) is 9.37 Å². The highest BCUT2D eigenvalue weighted by Gasteiger charge is 2.51. The lowest BCUT2D eigenvalue weighted by atomic mass is 9.95. The number of pyridine rings is 1. The summed E-state index contributed by atoms with van der Waals surface area (Å²) in [6.07, 6.45) is 3.21. The van der Waals surface area contributed by atoms with Crippen molar-refractivity contribution in [2.75, 3.05) is 5.32 Å². The van der Waals surface area contributed by atoms with E-state index in [0.29, 0.717) is 5.82 Å². The zero-order valence-electron chi connectivity index (χ0n) is 10.3. The van der Waals surface area contributed by atoms with Gasteiger partial charge >= 0.3 is 0 Å². The molecule has 1 saturated carbocycles. The van der Waals surface area contributed by atoms with Gasteiger partial charge in [0.05, 0.1) is 5.41 Å². The van der Waals surface area contributed by atoms with Gasteiger partial charge in [0, 0.05) is 6.20 Å². The van der Waals surface area contributed by atoms with Gasteiger partial charge in [0.2, 0.25) is 5.91 Å². The third-order valence-electron chi connectivity index (χ3n) is 3.49. The maximum Gasteiger partial charge on any atom is 0.236 e. The van der Waals surface area contributed by atoms with Gasteiger partial charge in [0.1, 0.15) is 11.6 Å². The normalized spacial score (nSPS) is 15.8. The summed E-state index contributed by atoms with van der Waals surface area (Å²) >= 11 is 0. The number of hydrogen-bond acceptors (Lipinski definition) is 2. The molecule has 1 N–H and O–H groups in total. The molecule has 4 heteroatoms. The Bertz CT molecular complexity index is 591. The zero-order valence-corrected chi connectivity index (χ0v) is 10.3. The zero-order chi connectivity index (χ0) is 13.3. The van der Waals surface area contributed by atoms with Gasteiger partial charge < -0.3 is 5.32 Å². The molecule has 0 atom stereocenters. The Balaban J connectivity index is 1.81. The van der Waals surface area contributed by atoms with Crippen molar-refractivity contribution < 1.29 is 9.18 Å². The first kappa shape index (κ1) is 11.8. The van der Waals surface area contributed by atoms with E-state index >= 15 is 0 Å². The monoisotopic (exact) mass is 256 g/mol. The fourth-order valence-electron chi connectivity index (χ4n) is 2.21. The minimum atomic E-state index is -0.509. The molecule has 3 nitrogen and oxygen atoms in total. The first-order chi connectivity index (χ1) is 9.21. The number of nitrogens with zero attached hydrogens (tertiary/aromatic N) is 1. The van der Waals surface area contributed by atoms with Crippen molar-refractivity contribution in [1.29, 1.82) is 0 Å². The number of nitrogens with one attached hydrogen (secondary N) is 1. The highest BCUT2D eigenvalue weighted by Crippen LogP contribution is 2.48. The number of halogens is 1. The molecular formula is C15H13FN2O. The van der Waals surface area contributed by atoms with E-state index in [-0.39, 0.29) is 11.7 Å². The van der Waals surface area contributed by atoms with Gasteiger partial charge in [0.25, 0.3) is 0 Å². The SMILES string of the molecule is O=C(Nc1ccccn1)C1(c2ccc(F)cc2)CC1. The van der Waals surface area contributed by atoms with Crippen LogP contribution in [-0.4, -0.2) is 10.9 Å². The van der Waals surface area contributed by atoms with Gasteiger partial charge in [-0.15, -0.1) is 0 Å². The van der Waals surface area contributed by atoms with Crippen molar-refractivity contribution in [2.45, 2.75) is 18.3 Å². The van der Waals surface area contributed by atoms with Crippen LogP contribution in [0.15, 0.2) is 48.7 Å². The molecule has 1 aliphatic rings. The molecule has 1 amide bonds. The summed E-state index contributed by atoms with van der Waals surface area (Å²) in [5.74, 6) is 0.184. The maximum absolute atomic E-state index is 12.9. The number of hydrogen-bond donors (Lipinski definition) is 1. The molecule has 0 spiro atoms. The van der Waals surface area contributed by atoms with E-state index in [1.165, 1.54) is 12.1 Å². The minimum Gasteiger partial charge on any atom is -0.310 e. The third-order valence-corrected chi connectivity index (χ3v) is 3.49. The largest absolute Gasteiger partial charge is 0.310 e. The van der Waals surface area contributed by atoms with Gasteiger partial charge in [-0.2, -0.15) is 0 Å². The fraction of sp³-hybridized carbons (Fsp3) is 0.200. The number of amides is 1. The molecule has 1 aromatic carbocycles. The third kappa shape index (κ3) is 2.21. The number of rotatable bonds is 3. The number of aromatic nitrogens is 1. The van der Waals surface area contributed by atoms with Crippen LogP contribution in [0.5, 0.6) is 0 Å². The molecule has 0 unspecified atom stereocenters. The van der Waals surface area contributed by atoms with E-state index in [4.69, 9.17) is 0 Å². The van der Waals surface area contributed by atoms with E-state index in [9.17, 15) is 9.18 Å². The molecule has 1 aliphatic carbocycles. The molecule has 0 saturated heterocycles. The van der Waals surface area contributed by atoms with Crippen LogP contribution in [0, 0.1) is 5.82 Å². The summed E-state index contributed by atoms with van der Waals surface area (Å²) in [4.78, 5) is 16.4. The molecule has 2 aromatic rings. The van der Waals surface area contributed by atoms with E-state index in [1.54, 1.807) is 30.5 Å². The van der Waals surface area contributed by atoms with Crippen molar-refractivity contribution in [3.8, 4) is 0 Å². The van der Waals surface area contributed by atoms with Crippen LogP contribution in [0.4, 0.5) is 10.2 Å². The van der Waals surface area contributed by atoms with Crippen molar-refractivity contribution in [2.24, 2.45) is 0 Å². The number of carbonyl (C=O) groups is 1. The topological polar surface area (TPSA) is 42.0 Å². The number of anilines is 1. The molecule has 0 bridgehead atoms. The first-order valence-electron chi connectivity index (χ1n) is 6.19. The smallest absolute Gasteiger partial charge is 0.236 e. The van der Waals surface area contributed by atoms with Crippen LogP contribution >= 0.6 is 0 Å². The Labute approximate surface area is 110 Å². The van der Waals surface area contributed by atoms with Crippen LogP contribution in [0.2, 0.25) is 0 Å². The van der Waals surface area contributed by atoms with Crippen molar-refractivity contribution in [3.05, 3.63) is 60.0 Å². The minimum absolute atomic E-state index is 0.0715. The van der Waals surface area contributed by atoms with Crippen LogP contribution in [0.3, 0.4) is 0 Å². The second-order valence-corrected chi connectivity index (χ2v) is 4.76. The summed E-state index contributed by atoms with van der Waals surface area (Å²) in [6.45, 7) is 0. The highest BCUT2D eigenvalue weighted by atomic mass is 19.1. The van der Waals surface area contributed by atoms with Gasteiger partial charge in [-0.3, -0.25) is 4.79 Å². The van der Waals surface area contributed by atoms with Crippen molar-refractivity contribution in [1.82, 2.24) is 4.98 Å². The Morgan fingerprint density at radius 3 is 2.47 bits per heavy atom. The van der Waals surface area contributed by atoms with E-state index in [2.05, 4.69) is 10.3 Å². The molecule has 0 aliphatic heterocycles. The predicted molar refractivity (Wildman–Crippen MR) is 70.2 cm³/mol. The van der Waals surface area contributed by atoms with Crippen molar-refractivity contribution in [3.63, 3.8) is 0 Å². The molecule has 1 heterocycles. The molecule has 19 heavy (non-hydrogen) atoms. The van der Waals surface area contributed by atoms with Crippen LogP contribution < -0.4 is 5.32 Å². The molecule has 3 rings (SSSR count). The van der Waals surface area contributed by atoms with E-state index in [0.717, 1.165) is 18.4 Å². The summed E-state index contributed by atoms with van der Waals surface area (Å²) in [5, 5.41) is 2.81. The predicted octanol–water partition coefficient (Wildman–Crippen LogP) is 2.89. The molecule has 0 radical (unpaired) electrons. The molecule has 1 aromatic heterocycles. The van der Waals surface area contributed by atoms with Crippen LogP contribution in [0.1, 0.15) is 18.4 Å². The first-order valence-corrected chi connectivity index (χ1v) is 6.19. The Morgan fingerprint density at radius 2 is 1.89 bits per heavy atom. The highest BCUT2D eigenvalue weighted by molar-refractivity contribution is 6.00. The van der Waals surface area contributed by atoms with Gasteiger partial charge in [-0.05, 0) is 42.7 Å². The maximum atomic E-state index is 12.9.